The Bertz CT molecular complexity index is 1540. The van der Waals surface area contributed by atoms with Crippen LogP contribution in [0.2, 0.25) is 0 Å². The van der Waals surface area contributed by atoms with Gasteiger partial charge in [-0.3, -0.25) is 9.59 Å². The third kappa shape index (κ3) is 5.14. The monoisotopic (exact) mass is 495 g/mol. The molecular formula is C24H21N3O5S2. The molecule has 0 fully saturated rings. The van der Waals surface area contributed by atoms with Crippen molar-refractivity contribution in [3.63, 3.8) is 0 Å². The first kappa shape index (κ1) is 23.6. The second kappa shape index (κ2) is 9.72. The number of fused-ring (bicyclic) bond motifs is 1. The van der Waals surface area contributed by atoms with Gasteiger partial charge in [-0.25, -0.2) is 13.6 Å². The van der Waals surface area contributed by atoms with E-state index in [1.165, 1.54) is 22.8 Å². The summed E-state index contributed by atoms with van der Waals surface area (Å²) in [6, 6.07) is 21.1. The molecule has 0 aliphatic heterocycles. The lowest BCUT2D eigenvalue weighted by Crippen LogP contribution is -2.23. The fourth-order valence-corrected chi connectivity index (χ4v) is 5.07. The smallest absolute Gasteiger partial charge is 0.326 e. The van der Waals surface area contributed by atoms with E-state index in [4.69, 9.17) is 9.88 Å². The molecule has 0 spiro atoms. The summed E-state index contributed by atoms with van der Waals surface area (Å²) in [5, 5.41) is 5.24. The molecule has 3 aromatic carbocycles. The van der Waals surface area contributed by atoms with Gasteiger partial charge in [0.15, 0.2) is 4.80 Å². The number of hydrogen-bond acceptors (Lipinski definition) is 6. The average molecular weight is 496 g/mol. The molecule has 4 rings (SSSR count). The van der Waals surface area contributed by atoms with E-state index in [1.807, 2.05) is 42.5 Å². The van der Waals surface area contributed by atoms with Crippen LogP contribution in [0.15, 0.2) is 82.7 Å². The quantitative estimate of drug-likeness (QED) is 0.411. The molecule has 0 atom stereocenters. The molecule has 0 radical (unpaired) electrons. The molecule has 0 aliphatic carbocycles. The van der Waals surface area contributed by atoms with Crippen molar-refractivity contribution in [2.75, 3.05) is 6.61 Å². The van der Waals surface area contributed by atoms with Crippen LogP contribution in [-0.4, -0.2) is 31.5 Å². The van der Waals surface area contributed by atoms with Crippen molar-refractivity contribution in [2.45, 2.75) is 18.4 Å². The average Bonchev–Trinajstić information content (AvgIpc) is 3.15. The van der Waals surface area contributed by atoms with Crippen LogP contribution in [0.3, 0.4) is 0 Å². The predicted molar refractivity (Wildman–Crippen MR) is 130 cm³/mol. The second-order valence-electron chi connectivity index (χ2n) is 7.31. The number of sulfonamides is 1. The van der Waals surface area contributed by atoms with Crippen molar-refractivity contribution in [1.82, 2.24) is 4.57 Å². The second-order valence-corrected chi connectivity index (χ2v) is 9.88. The molecule has 2 N–H and O–H groups in total. The predicted octanol–water partition coefficient (Wildman–Crippen LogP) is 3.32. The first-order valence-corrected chi connectivity index (χ1v) is 12.7. The van der Waals surface area contributed by atoms with Crippen molar-refractivity contribution >= 4 is 43.5 Å². The minimum atomic E-state index is -3.91. The molecular weight excluding hydrogens is 474 g/mol. The maximum absolute atomic E-state index is 12.9. The topological polar surface area (TPSA) is 121 Å². The summed E-state index contributed by atoms with van der Waals surface area (Å²) >= 11 is 1.08. The summed E-state index contributed by atoms with van der Waals surface area (Å²) in [5.41, 5.74) is 2.91. The molecule has 0 unspecified atom stereocenters. The molecule has 0 saturated heterocycles. The lowest BCUT2D eigenvalue weighted by Gasteiger charge is -2.06. The Hall–Kier alpha value is -3.60. The Morgan fingerprint density at radius 3 is 2.32 bits per heavy atom. The molecule has 1 amide bonds. The Balaban J connectivity index is 1.75. The minimum Gasteiger partial charge on any atom is -0.465 e. The van der Waals surface area contributed by atoms with Gasteiger partial charge >= 0.3 is 5.97 Å². The zero-order chi connectivity index (χ0) is 24.3. The number of thiazole rings is 1. The molecule has 0 bridgehead atoms. The number of carbonyl (C=O) groups is 2. The van der Waals surface area contributed by atoms with Crippen LogP contribution in [0.4, 0.5) is 0 Å². The number of amides is 1. The van der Waals surface area contributed by atoms with Crippen molar-refractivity contribution in [3.05, 3.63) is 83.2 Å². The number of ether oxygens (including phenoxy) is 1. The molecule has 10 heteroatoms. The molecule has 174 valence electrons. The SMILES string of the molecule is CCOC(=O)Cn1c(=NC(=O)c2ccc(-c3ccccc3)cc2)sc2cc(S(N)(=O)=O)ccc21. The lowest BCUT2D eigenvalue weighted by atomic mass is 10.0. The van der Waals surface area contributed by atoms with Gasteiger partial charge in [-0.2, -0.15) is 4.99 Å². The van der Waals surface area contributed by atoms with Crippen LogP contribution >= 0.6 is 11.3 Å². The summed E-state index contributed by atoms with van der Waals surface area (Å²) in [6.45, 7) is 1.72. The maximum Gasteiger partial charge on any atom is 0.326 e. The Kier molecular flexibility index (Phi) is 6.73. The largest absolute Gasteiger partial charge is 0.465 e. The van der Waals surface area contributed by atoms with Gasteiger partial charge in [-0.1, -0.05) is 53.8 Å². The van der Waals surface area contributed by atoms with Crippen molar-refractivity contribution in [3.8, 4) is 11.1 Å². The number of nitrogens with two attached hydrogens (primary N) is 1. The summed E-state index contributed by atoms with van der Waals surface area (Å²) in [6.07, 6.45) is 0. The molecule has 8 nitrogen and oxygen atoms in total. The number of benzene rings is 3. The van der Waals surface area contributed by atoms with E-state index in [1.54, 1.807) is 19.1 Å². The van der Waals surface area contributed by atoms with Crippen LogP contribution in [0.1, 0.15) is 17.3 Å². The Labute approximate surface area is 200 Å². The number of nitrogens with zero attached hydrogens (tertiary/aromatic N) is 2. The molecule has 1 heterocycles. The van der Waals surface area contributed by atoms with Crippen molar-refractivity contribution < 1.29 is 22.7 Å². The first-order valence-electron chi connectivity index (χ1n) is 10.3. The molecule has 4 aromatic rings. The molecule has 0 saturated carbocycles. The van der Waals surface area contributed by atoms with Crippen LogP contribution in [0, 0.1) is 0 Å². The number of primary sulfonamides is 1. The van der Waals surface area contributed by atoms with Gasteiger partial charge in [-0.15, -0.1) is 0 Å². The van der Waals surface area contributed by atoms with E-state index in [-0.39, 0.29) is 22.8 Å². The minimum absolute atomic E-state index is 0.0705. The highest BCUT2D eigenvalue weighted by Crippen LogP contribution is 2.22. The van der Waals surface area contributed by atoms with Crippen molar-refractivity contribution in [1.29, 1.82) is 0 Å². The normalized spacial score (nSPS) is 12.1. The number of rotatable bonds is 6. The van der Waals surface area contributed by atoms with Gasteiger partial charge in [0.25, 0.3) is 5.91 Å². The number of hydrogen-bond donors (Lipinski definition) is 1. The van der Waals surface area contributed by atoms with E-state index in [0.29, 0.717) is 15.8 Å². The number of aromatic nitrogens is 1. The van der Waals surface area contributed by atoms with E-state index >= 15 is 0 Å². The third-order valence-electron chi connectivity index (χ3n) is 5.01. The fourth-order valence-electron chi connectivity index (χ4n) is 3.39. The van der Waals surface area contributed by atoms with Gasteiger partial charge in [0.1, 0.15) is 6.54 Å². The van der Waals surface area contributed by atoms with Gasteiger partial charge in [-0.05, 0) is 48.4 Å². The third-order valence-corrected chi connectivity index (χ3v) is 6.96. The van der Waals surface area contributed by atoms with Crippen LogP contribution in [-0.2, 0) is 26.1 Å². The highest BCUT2D eigenvalue weighted by Gasteiger charge is 2.16. The van der Waals surface area contributed by atoms with E-state index in [2.05, 4.69) is 4.99 Å². The first-order chi connectivity index (χ1) is 16.3. The van der Waals surface area contributed by atoms with E-state index < -0.39 is 21.9 Å². The zero-order valence-electron chi connectivity index (χ0n) is 18.2. The zero-order valence-corrected chi connectivity index (χ0v) is 19.8. The van der Waals surface area contributed by atoms with Gasteiger partial charge in [0.2, 0.25) is 10.0 Å². The highest BCUT2D eigenvalue weighted by molar-refractivity contribution is 7.89. The summed E-state index contributed by atoms with van der Waals surface area (Å²) in [5.74, 6) is -0.991. The standard InChI is InChI=1S/C24H21N3O5S2/c1-2-32-22(28)15-27-20-13-12-19(34(25,30)31)14-21(20)33-24(27)26-23(29)18-10-8-17(9-11-18)16-6-4-3-5-7-16/h3-14H,2,15H2,1H3,(H2,25,30,31). The van der Waals surface area contributed by atoms with Gasteiger partial charge < -0.3 is 9.30 Å². The fraction of sp³-hybridized carbons (Fsp3) is 0.125. The van der Waals surface area contributed by atoms with Crippen molar-refractivity contribution in [2.24, 2.45) is 10.1 Å². The molecule has 0 aliphatic rings. The highest BCUT2D eigenvalue weighted by atomic mass is 32.2. The van der Waals surface area contributed by atoms with E-state index in [9.17, 15) is 18.0 Å². The number of carbonyl (C=O) groups excluding carboxylic acids is 2. The lowest BCUT2D eigenvalue weighted by molar-refractivity contribution is -0.143. The van der Waals surface area contributed by atoms with Crippen LogP contribution in [0.5, 0.6) is 0 Å². The van der Waals surface area contributed by atoms with Gasteiger partial charge in [0, 0.05) is 5.56 Å². The Morgan fingerprint density at radius 2 is 1.68 bits per heavy atom. The molecule has 34 heavy (non-hydrogen) atoms. The molecule has 1 aromatic heterocycles. The Morgan fingerprint density at radius 1 is 1.00 bits per heavy atom. The maximum atomic E-state index is 12.9. The van der Waals surface area contributed by atoms with Crippen LogP contribution in [0.25, 0.3) is 21.3 Å². The van der Waals surface area contributed by atoms with E-state index in [0.717, 1.165) is 22.5 Å². The summed E-state index contributed by atoms with van der Waals surface area (Å²) < 4.78 is 30.6. The van der Waals surface area contributed by atoms with Gasteiger partial charge in [0.05, 0.1) is 21.7 Å². The summed E-state index contributed by atoms with van der Waals surface area (Å²) in [4.78, 5) is 29.5. The van der Waals surface area contributed by atoms with Crippen LogP contribution < -0.4 is 9.94 Å². The number of esters is 1. The summed E-state index contributed by atoms with van der Waals surface area (Å²) in [7, 11) is -3.91.